The van der Waals surface area contributed by atoms with Gasteiger partial charge in [-0.3, -0.25) is 34.3 Å². The topological polar surface area (TPSA) is 291 Å². The predicted octanol–water partition coefficient (Wildman–Crippen LogP) is 25.6. The highest BCUT2D eigenvalue weighted by Crippen LogP contribution is 2.29. The van der Waals surface area contributed by atoms with Crippen LogP contribution in [0.2, 0.25) is 0 Å². The Morgan fingerprint density at radius 3 is 1.32 bits per heavy atom. The number of nitrogen functional groups attached to an aromatic ring is 1. The number of amides is 2. The van der Waals surface area contributed by atoms with Crippen molar-refractivity contribution < 1.29 is 53.5 Å². The Morgan fingerprint density at radius 2 is 0.872 bits per heavy atom. The maximum Gasteiger partial charge on any atom is 0.335 e. The number of halogens is 5. The van der Waals surface area contributed by atoms with E-state index in [1.54, 1.807) is 55.1 Å². The number of carbonyl (C=O) groups is 4. The van der Waals surface area contributed by atoms with Gasteiger partial charge in [0.25, 0.3) is 11.8 Å². The maximum atomic E-state index is 12.8. The third kappa shape index (κ3) is 32.0. The number of carboxylic acid groups (broad SMARTS) is 1. The van der Waals surface area contributed by atoms with Gasteiger partial charge in [0.1, 0.15) is 23.9 Å². The van der Waals surface area contributed by atoms with Crippen LogP contribution in [0.4, 0.5) is 17.1 Å². The van der Waals surface area contributed by atoms with Crippen LogP contribution in [0, 0.1) is 20.8 Å². The van der Waals surface area contributed by atoms with Crippen LogP contribution >= 0.6 is 61.3 Å². The molecule has 2 amide bonds. The van der Waals surface area contributed by atoms with Crippen molar-refractivity contribution in [3.63, 3.8) is 0 Å². The molecule has 0 radical (unpaired) electrons. The van der Waals surface area contributed by atoms with Crippen LogP contribution in [0.5, 0.6) is 17.2 Å². The van der Waals surface area contributed by atoms with E-state index in [2.05, 4.69) is 165 Å². The molecule has 16 rings (SSSR count). The molecule has 0 saturated carbocycles. The Bertz CT molecular complexity index is 6140. The minimum atomic E-state index is -1.67. The molecule has 0 spiro atoms. The normalized spacial score (nSPS) is 10.2. The van der Waals surface area contributed by atoms with Gasteiger partial charge in [0.2, 0.25) is 9.23 Å². The summed E-state index contributed by atoms with van der Waals surface area (Å²) >= 11 is 9.22. The Kier molecular flexibility index (Phi) is 42.3. The molecule has 0 unspecified atom stereocenters. The van der Waals surface area contributed by atoms with E-state index in [9.17, 15) is 24.3 Å². The fraction of sp³-hybridized carbons (Fsp3) is 0.158. The van der Waals surface area contributed by atoms with Gasteiger partial charge < -0.3 is 41.5 Å². The fourth-order valence-electron chi connectivity index (χ4n) is 13.0. The highest BCUT2D eigenvalue weighted by molar-refractivity contribution is 9.10. The number of alkyl halides is 1. The third-order valence-electron chi connectivity index (χ3n) is 19.0. The fourth-order valence-corrected chi connectivity index (χ4v) is 13.7. The number of ether oxygens (including phenoxy) is 1. The Balaban J connectivity index is 0.000000227. The molecule has 18 nitrogen and oxygen atoms in total. The van der Waals surface area contributed by atoms with Gasteiger partial charge in [-0.1, -0.05) is 201 Å². The monoisotopic (exact) mass is 1840 g/mol. The first-order valence-corrected chi connectivity index (χ1v) is 43.2. The van der Waals surface area contributed by atoms with Crippen molar-refractivity contribution in [3.05, 3.63) is 387 Å². The van der Waals surface area contributed by atoms with Gasteiger partial charge in [-0.15, -0.1) is 24.0 Å². The number of hydrogen-bond acceptors (Lipinski definition) is 14. The summed E-state index contributed by atoms with van der Waals surface area (Å²) in [7, 11) is 7.36. The number of H-pyrrole nitrogens is 1. The molecule has 646 valence electrons. The lowest BCUT2D eigenvalue weighted by molar-refractivity contribution is -0.376. The first-order chi connectivity index (χ1) is 59.1. The molecule has 0 aliphatic carbocycles. The van der Waals surface area contributed by atoms with Gasteiger partial charge in [0.15, 0.2) is 18.7 Å². The van der Waals surface area contributed by atoms with Gasteiger partial charge in [-0.2, -0.15) is 0 Å². The van der Waals surface area contributed by atoms with Crippen molar-refractivity contribution in [1.29, 1.82) is 0 Å². The molecule has 5 aromatic heterocycles. The predicted molar refractivity (Wildman–Crippen MR) is 520 cm³/mol. The van der Waals surface area contributed by atoms with Crippen LogP contribution in [0.3, 0.4) is 0 Å². The van der Waals surface area contributed by atoms with Crippen LogP contribution in [-0.2, 0) is 28.3 Å². The minimum Gasteiger partial charge on any atom is -0.508 e. The van der Waals surface area contributed by atoms with E-state index >= 15 is 0 Å². The smallest absolute Gasteiger partial charge is 0.335 e. The number of aromatic nitrogens is 5. The molecule has 0 atom stereocenters. The molecule has 5 heterocycles. The number of aromatic hydroxyl groups is 2. The average Bonchev–Trinajstić information content (AvgIpc) is 0.836. The second-order valence-corrected chi connectivity index (χ2v) is 32.5. The largest absolute Gasteiger partial charge is 0.508 e. The molecular formula is C101H102BrCl4N8O10S+. The zero-order valence-corrected chi connectivity index (χ0v) is 75.3. The standard InChI is InChI=1S/C27H26N2O2.C17H19NO2.C10H8ClN.C10H9NO.C10H7NO.C10H15N.C9H6BrN.C7H6O3.CH4.Cl2OS.ClH/c1-18(2)25-12-11-23(13-19(25)3)29-27(30)20-8-6-9-24(14-20)31-17-22-16-28-15-21-7-4-5-10-26(21)22;1-11(2)16-8-7-14(9-12(16)3)18-17(20)13-5-4-6-15(19)10-13;11-5-9-7-12-6-8-3-1-2-4-10(8)9;2*12-7-9-6-11-5-8-3-1-2-4-10(8)9;1-7(2)10-5-4-9(11)6-8(10)3;10-9-6-11-5-7-3-1-2-4-8(7)9;8-6-3-1-2-5(4-6)7(9)10;;1-4(2)3;/h4-16,18H,17H2,1-3H3,(H,29,30);4-11,19H,1-3H3,(H,18,20);1-4,6-7H,5H2;1-6,12H,7H2;1-7H;4-7H,11H2,1-3H3;1-6H;1-4,8H,(H,9,10);1H4;;1H/p+1. The number of aliphatic hydroxyl groups is 1. The quantitative estimate of drug-likeness (QED) is 0.0230. The van der Waals surface area contributed by atoms with Crippen LogP contribution in [0.1, 0.15) is 158 Å². The van der Waals surface area contributed by atoms with Crippen LogP contribution in [0.25, 0.3) is 53.9 Å². The number of aryl methyl sites for hydroxylation is 3. The third-order valence-corrected chi connectivity index (χ3v) is 19.9. The van der Waals surface area contributed by atoms with Gasteiger partial charge in [0.05, 0.1) is 18.1 Å². The number of benzene rings is 11. The van der Waals surface area contributed by atoms with Crippen molar-refractivity contribution in [2.75, 3.05) is 16.4 Å². The SMILES string of the molecule is Brc1cncc2ccccc12.C.Cc1cc(N)ccc1C(C)C.Cc1cc(NC(=O)c2cccc(O)c2)ccc1C(C)C.Cc1cc(NC(=O)c2cccc(OCc3cncc4ccccc34)c2)ccc1C(C)C.Cl.ClCc1c[nH+]cc2ccccc12.O=C(O)c1cccc(O)c1.O=Cc1cncc2ccccc12.O=S(Cl)Cl.OCc1cncc2ccccc12. The number of rotatable bonds is 14. The summed E-state index contributed by atoms with van der Waals surface area (Å²) in [5.41, 5.74) is 20.4. The summed E-state index contributed by atoms with van der Waals surface area (Å²) in [5.74, 6) is 1.35. The molecule has 0 saturated heterocycles. The molecule has 16 aromatic rings. The molecular weight excluding hydrogens is 1740 g/mol. The zero-order valence-electron chi connectivity index (χ0n) is 69.8. The van der Waals surface area contributed by atoms with E-state index in [1.807, 2.05) is 196 Å². The number of phenolic OH excluding ortho intramolecular Hbond substituents is 2. The highest BCUT2D eigenvalue weighted by atomic mass is 79.9. The number of carboxylic acids is 1. The van der Waals surface area contributed by atoms with E-state index in [0.717, 1.165) is 82.4 Å². The van der Waals surface area contributed by atoms with E-state index in [-0.39, 0.29) is 55.3 Å². The van der Waals surface area contributed by atoms with Crippen LogP contribution in [-0.4, -0.2) is 68.6 Å². The summed E-state index contributed by atoms with van der Waals surface area (Å²) in [6.45, 7) is 19.7. The number of nitrogens with zero attached hydrogens (tertiary/aromatic N) is 4. The molecule has 0 aliphatic rings. The van der Waals surface area contributed by atoms with Gasteiger partial charge >= 0.3 is 5.97 Å². The number of anilines is 3. The number of carbonyl (C=O) groups excluding carboxylic acids is 3. The van der Waals surface area contributed by atoms with Gasteiger partial charge in [-0.05, 0) is 212 Å². The Morgan fingerprint density at radius 1 is 0.480 bits per heavy atom. The van der Waals surface area contributed by atoms with Crippen molar-refractivity contribution in [2.24, 2.45) is 0 Å². The summed E-state index contributed by atoms with van der Waals surface area (Å²) in [6.07, 6.45) is 18.9. The number of nitrogens with one attached hydrogen (secondary N) is 3. The summed E-state index contributed by atoms with van der Waals surface area (Å²) < 4.78 is 16.1. The number of pyridine rings is 5. The second-order valence-electron chi connectivity index (χ2n) is 28.8. The Hall–Kier alpha value is -12.5. The number of aliphatic hydroxyl groups excluding tert-OH is 1. The zero-order chi connectivity index (χ0) is 88.9. The molecule has 9 N–H and O–H groups in total. The van der Waals surface area contributed by atoms with Gasteiger partial charge in [0, 0.05) is 153 Å². The van der Waals surface area contributed by atoms with Gasteiger partial charge in [-0.25, -0.2) is 14.0 Å². The van der Waals surface area contributed by atoms with Crippen molar-refractivity contribution in [2.45, 2.75) is 107 Å². The molecule has 0 aliphatic heterocycles. The minimum absolute atomic E-state index is 0. The van der Waals surface area contributed by atoms with E-state index < -0.39 is 15.2 Å². The number of fused-ring (bicyclic) bond motifs is 5. The van der Waals surface area contributed by atoms with E-state index in [0.29, 0.717) is 52.7 Å². The lowest BCUT2D eigenvalue weighted by Gasteiger charge is -2.13. The lowest BCUT2D eigenvalue weighted by atomic mass is 9.97. The number of phenols is 2. The second kappa shape index (κ2) is 52.2. The van der Waals surface area contributed by atoms with Crippen molar-refractivity contribution >= 4 is 166 Å². The molecule has 0 bridgehead atoms. The summed E-state index contributed by atoms with van der Waals surface area (Å²) in [5, 5.41) is 52.5. The number of nitrogens with two attached hydrogens (primary N) is 1. The van der Waals surface area contributed by atoms with E-state index in [4.69, 9.17) is 41.6 Å². The van der Waals surface area contributed by atoms with Crippen molar-refractivity contribution in [1.82, 2.24) is 19.9 Å². The number of aromatic carboxylic acids is 1. The first kappa shape index (κ1) is 101. The van der Waals surface area contributed by atoms with Crippen LogP contribution < -0.4 is 26.1 Å². The molecule has 0 fully saturated rings. The van der Waals surface area contributed by atoms with Crippen molar-refractivity contribution in [3.8, 4) is 17.2 Å². The number of hydrogen-bond donors (Lipinski definition) is 7. The van der Waals surface area contributed by atoms with E-state index in [1.165, 1.54) is 79.7 Å². The summed E-state index contributed by atoms with van der Waals surface area (Å²) in [4.78, 5) is 65.1. The average molecular weight is 1840 g/mol. The Labute approximate surface area is 761 Å². The lowest BCUT2D eigenvalue weighted by Crippen LogP contribution is -2.12. The highest BCUT2D eigenvalue weighted by Gasteiger charge is 2.14. The number of aldehydes is 1. The molecule has 11 aromatic carbocycles. The van der Waals surface area contributed by atoms with Crippen LogP contribution in [0.15, 0.2) is 315 Å². The number of aromatic amines is 1. The summed E-state index contributed by atoms with van der Waals surface area (Å²) in [6, 6.07) is 77.2. The molecule has 24 heteroatoms. The molecule has 125 heavy (non-hydrogen) atoms. The maximum absolute atomic E-state index is 12.8. The first-order valence-electron chi connectivity index (χ1n) is 39.1.